The molecule has 0 aliphatic heterocycles. The standard InChI is InChI=1S/C12H21F3N2/c13-12(14,15)10-6-4-9(5-7-10)11(17-16)8-2-1-3-8/h8-11,17H,1-7,16H2. The Kier molecular flexibility index (Phi) is 3.98. The summed E-state index contributed by atoms with van der Waals surface area (Å²) in [6, 6.07) is 0.234. The number of hydrogen-bond donors (Lipinski definition) is 2. The molecule has 1 unspecified atom stereocenters. The van der Waals surface area contributed by atoms with E-state index in [4.69, 9.17) is 5.84 Å². The van der Waals surface area contributed by atoms with Crippen molar-refractivity contribution in [3.8, 4) is 0 Å². The minimum absolute atomic E-state index is 0.234. The molecule has 0 aromatic carbocycles. The van der Waals surface area contributed by atoms with Crippen molar-refractivity contribution in [2.45, 2.75) is 57.2 Å². The summed E-state index contributed by atoms with van der Waals surface area (Å²) in [5.74, 6) is 5.40. The summed E-state index contributed by atoms with van der Waals surface area (Å²) >= 11 is 0. The zero-order chi connectivity index (χ0) is 12.5. The van der Waals surface area contributed by atoms with Gasteiger partial charge in [-0.05, 0) is 50.4 Å². The van der Waals surface area contributed by atoms with Crippen molar-refractivity contribution < 1.29 is 13.2 Å². The van der Waals surface area contributed by atoms with Crippen molar-refractivity contribution in [1.82, 2.24) is 5.43 Å². The van der Waals surface area contributed by atoms with Crippen LogP contribution < -0.4 is 11.3 Å². The minimum Gasteiger partial charge on any atom is -0.271 e. The Labute approximate surface area is 100 Å². The molecule has 2 aliphatic rings. The van der Waals surface area contributed by atoms with E-state index in [9.17, 15) is 13.2 Å². The Bertz CT molecular complexity index is 243. The van der Waals surface area contributed by atoms with E-state index in [0.717, 1.165) is 0 Å². The van der Waals surface area contributed by atoms with Crippen LogP contribution in [0.5, 0.6) is 0 Å². The fourth-order valence-corrected chi connectivity index (χ4v) is 3.26. The molecule has 3 N–H and O–H groups in total. The number of nitrogens with one attached hydrogen (secondary N) is 1. The van der Waals surface area contributed by atoms with Gasteiger partial charge in [0.2, 0.25) is 0 Å². The van der Waals surface area contributed by atoms with Crippen molar-refractivity contribution in [3.63, 3.8) is 0 Å². The zero-order valence-electron chi connectivity index (χ0n) is 9.97. The van der Waals surface area contributed by atoms with Gasteiger partial charge in [0.1, 0.15) is 0 Å². The molecule has 0 spiro atoms. The van der Waals surface area contributed by atoms with Gasteiger partial charge in [-0.1, -0.05) is 6.42 Å². The molecule has 2 fully saturated rings. The first-order valence-corrected chi connectivity index (χ1v) is 6.55. The van der Waals surface area contributed by atoms with E-state index < -0.39 is 12.1 Å². The van der Waals surface area contributed by atoms with Gasteiger partial charge in [-0.15, -0.1) is 0 Å². The third-order valence-corrected chi connectivity index (χ3v) is 4.59. The summed E-state index contributed by atoms with van der Waals surface area (Å²) in [6.07, 6.45) is 1.46. The number of nitrogens with two attached hydrogens (primary N) is 1. The number of halogens is 3. The Morgan fingerprint density at radius 3 is 1.82 bits per heavy atom. The van der Waals surface area contributed by atoms with Crippen LogP contribution in [0.3, 0.4) is 0 Å². The molecule has 2 saturated carbocycles. The highest BCUT2D eigenvalue weighted by atomic mass is 19.4. The van der Waals surface area contributed by atoms with Crippen LogP contribution >= 0.6 is 0 Å². The minimum atomic E-state index is -4.01. The van der Waals surface area contributed by atoms with Crippen molar-refractivity contribution in [2.24, 2.45) is 23.6 Å². The fraction of sp³-hybridized carbons (Fsp3) is 1.00. The summed E-state index contributed by atoms with van der Waals surface area (Å²) < 4.78 is 37.6. The molecule has 0 heterocycles. The number of hydrogen-bond acceptors (Lipinski definition) is 2. The average Bonchev–Trinajstić information content (AvgIpc) is 2.22. The molecule has 17 heavy (non-hydrogen) atoms. The molecule has 1 atom stereocenters. The molecule has 0 aromatic heterocycles. The molecular weight excluding hydrogens is 229 g/mol. The van der Waals surface area contributed by atoms with Gasteiger partial charge < -0.3 is 0 Å². The van der Waals surface area contributed by atoms with Crippen molar-refractivity contribution >= 4 is 0 Å². The first kappa shape index (κ1) is 13.1. The first-order chi connectivity index (χ1) is 8.02. The Balaban J connectivity index is 1.85. The molecule has 2 aliphatic carbocycles. The van der Waals surface area contributed by atoms with Gasteiger partial charge in [0.25, 0.3) is 0 Å². The van der Waals surface area contributed by atoms with Gasteiger partial charge in [0, 0.05) is 6.04 Å². The lowest BCUT2D eigenvalue weighted by atomic mass is 9.69. The fourth-order valence-electron chi connectivity index (χ4n) is 3.26. The summed E-state index contributed by atoms with van der Waals surface area (Å²) in [4.78, 5) is 0. The van der Waals surface area contributed by atoms with Gasteiger partial charge in [-0.25, -0.2) is 0 Å². The molecule has 2 nitrogen and oxygen atoms in total. The van der Waals surface area contributed by atoms with E-state index in [2.05, 4.69) is 5.43 Å². The van der Waals surface area contributed by atoms with Crippen LogP contribution in [0.1, 0.15) is 44.9 Å². The Morgan fingerprint density at radius 1 is 0.941 bits per heavy atom. The number of rotatable bonds is 3. The maximum Gasteiger partial charge on any atom is 0.391 e. The molecule has 5 heteroatoms. The summed E-state index contributed by atoms with van der Waals surface area (Å²) in [6.45, 7) is 0. The Morgan fingerprint density at radius 2 is 1.47 bits per heavy atom. The van der Waals surface area contributed by atoms with Gasteiger partial charge >= 0.3 is 6.18 Å². The zero-order valence-corrected chi connectivity index (χ0v) is 9.97. The van der Waals surface area contributed by atoms with E-state index in [1.807, 2.05) is 0 Å². The van der Waals surface area contributed by atoms with Gasteiger partial charge in [-0.2, -0.15) is 13.2 Å². The lowest BCUT2D eigenvalue weighted by Gasteiger charge is -2.41. The molecule has 2 rings (SSSR count). The topological polar surface area (TPSA) is 38.0 Å². The molecule has 0 aromatic rings. The maximum atomic E-state index is 12.5. The summed E-state index contributed by atoms with van der Waals surface area (Å²) in [5, 5.41) is 0. The van der Waals surface area contributed by atoms with E-state index >= 15 is 0 Å². The summed E-state index contributed by atoms with van der Waals surface area (Å²) in [5.41, 5.74) is 2.85. The van der Waals surface area contributed by atoms with Crippen LogP contribution in [0.15, 0.2) is 0 Å². The van der Waals surface area contributed by atoms with Crippen LogP contribution in [0.25, 0.3) is 0 Å². The van der Waals surface area contributed by atoms with E-state index in [-0.39, 0.29) is 18.9 Å². The van der Waals surface area contributed by atoms with E-state index in [1.165, 1.54) is 19.3 Å². The van der Waals surface area contributed by atoms with Crippen LogP contribution in [0.4, 0.5) is 13.2 Å². The van der Waals surface area contributed by atoms with Crippen LogP contribution in [-0.4, -0.2) is 12.2 Å². The van der Waals surface area contributed by atoms with E-state index in [0.29, 0.717) is 24.7 Å². The van der Waals surface area contributed by atoms with Crippen LogP contribution in [-0.2, 0) is 0 Å². The highest BCUT2D eigenvalue weighted by molar-refractivity contribution is 4.89. The third-order valence-electron chi connectivity index (χ3n) is 4.59. The number of hydrazine groups is 1. The molecule has 0 saturated heterocycles. The second kappa shape index (κ2) is 5.14. The van der Waals surface area contributed by atoms with Crippen molar-refractivity contribution in [3.05, 3.63) is 0 Å². The molecule has 0 radical (unpaired) electrons. The second-order valence-electron chi connectivity index (χ2n) is 5.54. The van der Waals surface area contributed by atoms with Gasteiger partial charge in [0.15, 0.2) is 0 Å². The molecular formula is C12H21F3N2. The van der Waals surface area contributed by atoms with E-state index in [1.54, 1.807) is 0 Å². The van der Waals surface area contributed by atoms with Gasteiger partial charge in [0.05, 0.1) is 5.92 Å². The predicted octanol–water partition coefficient (Wildman–Crippen LogP) is 2.99. The smallest absolute Gasteiger partial charge is 0.271 e. The van der Waals surface area contributed by atoms with Crippen molar-refractivity contribution in [2.75, 3.05) is 0 Å². The normalized spacial score (nSPS) is 33.2. The molecule has 0 amide bonds. The average molecular weight is 250 g/mol. The predicted molar refractivity (Wildman–Crippen MR) is 60.0 cm³/mol. The third kappa shape index (κ3) is 2.94. The molecule has 0 bridgehead atoms. The van der Waals surface area contributed by atoms with Gasteiger partial charge in [-0.3, -0.25) is 11.3 Å². The lowest BCUT2D eigenvalue weighted by Crippen LogP contribution is -2.49. The lowest BCUT2D eigenvalue weighted by molar-refractivity contribution is -0.184. The SMILES string of the molecule is NNC(C1CCC1)C1CCC(C(F)(F)F)CC1. The Hall–Kier alpha value is -0.290. The maximum absolute atomic E-state index is 12.5. The quantitative estimate of drug-likeness (QED) is 0.597. The second-order valence-corrected chi connectivity index (χ2v) is 5.54. The molecule has 100 valence electrons. The number of alkyl halides is 3. The first-order valence-electron chi connectivity index (χ1n) is 6.55. The van der Waals surface area contributed by atoms with Crippen LogP contribution in [0.2, 0.25) is 0 Å². The van der Waals surface area contributed by atoms with Crippen LogP contribution in [0, 0.1) is 17.8 Å². The summed E-state index contributed by atoms with van der Waals surface area (Å²) in [7, 11) is 0. The monoisotopic (exact) mass is 250 g/mol. The highest BCUT2D eigenvalue weighted by Gasteiger charge is 2.43. The van der Waals surface area contributed by atoms with Crippen molar-refractivity contribution in [1.29, 1.82) is 0 Å². The largest absolute Gasteiger partial charge is 0.391 e. The highest BCUT2D eigenvalue weighted by Crippen LogP contribution is 2.43.